The van der Waals surface area contributed by atoms with Crippen LogP contribution in [-0.4, -0.2) is 0 Å². The minimum atomic E-state index is -0.297. The molecule has 0 bridgehead atoms. The second kappa shape index (κ2) is 3.94. The van der Waals surface area contributed by atoms with Crippen LogP contribution in [0, 0.1) is 6.92 Å². The van der Waals surface area contributed by atoms with Gasteiger partial charge in [0.25, 0.3) is 0 Å². The maximum absolute atomic E-state index is 11.5. The standard InChI is InChI=1S/C18H12O2/c1-11-10-16(19)20-15-9-8-13-7-6-12-4-2-3-5-14(12)18(13)17(11)15/h2-10H,1H3. The van der Waals surface area contributed by atoms with Gasteiger partial charge in [-0.2, -0.15) is 0 Å². The van der Waals surface area contributed by atoms with Gasteiger partial charge in [-0.05, 0) is 34.7 Å². The van der Waals surface area contributed by atoms with Crippen molar-refractivity contribution in [3.8, 4) is 0 Å². The van der Waals surface area contributed by atoms with Crippen molar-refractivity contribution in [2.75, 3.05) is 0 Å². The van der Waals surface area contributed by atoms with Crippen molar-refractivity contribution in [3.05, 3.63) is 70.6 Å². The van der Waals surface area contributed by atoms with Gasteiger partial charge in [0.1, 0.15) is 5.58 Å². The van der Waals surface area contributed by atoms with E-state index in [2.05, 4.69) is 24.3 Å². The van der Waals surface area contributed by atoms with Crippen LogP contribution >= 0.6 is 0 Å². The Morgan fingerprint density at radius 3 is 2.50 bits per heavy atom. The number of hydrogen-bond donors (Lipinski definition) is 0. The molecule has 4 aromatic rings. The summed E-state index contributed by atoms with van der Waals surface area (Å²) in [6.07, 6.45) is 0. The highest BCUT2D eigenvalue weighted by atomic mass is 16.4. The Labute approximate surface area is 115 Å². The third-order valence-electron chi connectivity index (χ3n) is 3.81. The fourth-order valence-electron chi connectivity index (χ4n) is 2.94. The summed E-state index contributed by atoms with van der Waals surface area (Å²) >= 11 is 0. The third-order valence-corrected chi connectivity index (χ3v) is 3.81. The molecule has 0 atom stereocenters. The lowest BCUT2D eigenvalue weighted by atomic mass is 9.97. The summed E-state index contributed by atoms with van der Waals surface area (Å²) < 4.78 is 5.34. The Kier molecular flexibility index (Phi) is 2.21. The van der Waals surface area contributed by atoms with Crippen LogP contribution < -0.4 is 5.63 Å². The van der Waals surface area contributed by atoms with Crippen molar-refractivity contribution >= 4 is 32.5 Å². The van der Waals surface area contributed by atoms with Gasteiger partial charge >= 0.3 is 5.63 Å². The first-order chi connectivity index (χ1) is 9.74. The van der Waals surface area contributed by atoms with Crippen molar-refractivity contribution in [2.24, 2.45) is 0 Å². The van der Waals surface area contributed by atoms with Gasteiger partial charge in [-0.25, -0.2) is 4.79 Å². The molecule has 4 rings (SSSR count). The Morgan fingerprint density at radius 2 is 1.60 bits per heavy atom. The highest BCUT2D eigenvalue weighted by Crippen LogP contribution is 2.33. The molecule has 1 aromatic heterocycles. The maximum Gasteiger partial charge on any atom is 0.336 e. The summed E-state index contributed by atoms with van der Waals surface area (Å²) in [5.41, 5.74) is 1.31. The van der Waals surface area contributed by atoms with E-state index >= 15 is 0 Å². The lowest BCUT2D eigenvalue weighted by Gasteiger charge is -2.08. The predicted molar refractivity (Wildman–Crippen MR) is 82.2 cm³/mol. The summed E-state index contributed by atoms with van der Waals surface area (Å²) in [5, 5.41) is 5.72. The zero-order valence-corrected chi connectivity index (χ0v) is 11.0. The second-order valence-electron chi connectivity index (χ2n) is 5.07. The smallest absolute Gasteiger partial charge is 0.336 e. The minimum absolute atomic E-state index is 0.297. The average molecular weight is 260 g/mol. The first kappa shape index (κ1) is 11.2. The molecular weight excluding hydrogens is 248 g/mol. The molecule has 2 heteroatoms. The molecule has 3 aromatic carbocycles. The number of aryl methyl sites for hydroxylation is 1. The van der Waals surface area contributed by atoms with E-state index in [0.29, 0.717) is 5.58 Å². The molecule has 0 unspecified atom stereocenters. The summed E-state index contributed by atoms with van der Waals surface area (Å²) in [7, 11) is 0. The van der Waals surface area contributed by atoms with E-state index in [1.54, 1.807) is 6.07 Å². The topological polar surface area (TPSA) is 30.2 Å². The van der Waals surface area contributed by atoms with Crippen LogP contribution in [0.5, 0.6) is 0 Å². The van der Waals surface area contributed by atoms with Gasteiger partial charge in [0.15, 0.2) is 0 Å². The molecule has 0 amide bonds. The van der Waals surface area contributed by atoms with Crippen molar-refractivity contribution in [3.63, 3.8) is 0 Å². The van der Waals surface area contributed by atoms with Gasteiger partial charge in [0.2, 0.25) is 0 Å². The molecule has 0 aliphatic carbocycles. The number of rotatable bonds is 0. The molecule has 0 spiro atoms. The van der Waals surface area contributed by atoms with E-state index in [1.165, 1.54) is 10.8 Å². The summed E-state index contributed by atoms with van der Waals surface area (Å²) in [6.45, 7) is 1.96. The lowest BCUT2D eigenvalue weighted by Crippen LogP contribution is -1.98. The average Bonchev–Trinajstić information content (AvgIpc) is 2.46. The molecule has 0 N–H and O–H groups in total. The van der Waals surface area contributed by atoms with Gasteiger partial charge in [-0.15, -0.1) is 0 Å². The number of hydrogen-bond acceptors (Lipinski definition) is 2. The first-order valence-electron chi connectivity index (χ1n) is 6.59. The molecule has 0 aliphatic rings. The molecule has 1 heterocycles. The fraction of sp³-hybridized carbons (Fsp3) is 0.0556. The van der Waals surface area contributed by atoms with Crippen molar-refractivity contribution in [1.29, 1.82) is 0 Å². The molecular formula is C18H12O2. The molecule has 2 nitrogen and oxygen atoms in total. The zero-order valence-electron chi connectivity index (χ0n) is 11.0. The van der Waals surface area contributed by atoms with Gasteiger partial charge in [0.05, 0.1) is 0 Å². The van der Waals surface area contributed by atoms with E-state index in [0.717, 1.165) is 21.7 Å². The first-order valence-corrected chi connectivity index (χ1v) is 6.59. The van der Waals surface area contributed by atoms with E-state index < -0.39 is 0 Å². The normalized spacial score (nSPS) is 11.4. The maximum atomic E-state index is 11.5. The Balaban J connectivity index is 2.40. The van der Waals surface area contributed by atoms with E-state index in [9.17, 15) is 4.79 Å². The Hall–Kier alpha value is -2.61. The third kappa shape index (κ3) is 1.48. The zero-order chi connectivity index (χ0) is 13.7. The van der Waals surface area contributed by atoms with Crippen LogP contribution in [0.4, 0.5) is 0 Å². The summed E-state index contributed by atoms with van der Waals surface area (Å²) in [4.78, 5) is 11.5. The van der Waals surface area contributed by atoms with Gasteiger partial charge in [-0.1, -0.05) is 42.5 Å². The Bertz CT molecular complexity index is 1030. The van der Waals surface area contributed by atoms with Crippen LogP contribution in [0.15, 0.2) is 63.8 Å². The number of fused-ring (bicyclic) bond motifs is 5. The number of benzene rings is 3. The van der Waals surface area contributed by atoms with Crippen molar-refractivity contribution < 1.29 is 4.42 Å². The van der Waals surface area contributed by atoms with Crippen molar-refractivity contribution in [1.82, 2.24) is 0 Å². The quantitative estimate of drug-likeness (QED) is 0.346. The highest BCUT2D eigenvalue weighted by Gasteiger charge is 2.09. The molecule has 20 heavy (non-hydrogen) atoms. The molecule has 0 radical (unpaired) electrons. The van der Waals surface area contributed by atoms with Crippen LogP contribution in [-0.2, 0) is 0 Å². The SMILES string of the molecule is Cc1cc(=O)oc2ccc3ccc4ccccc4c3c12. The molecule has 0 fully saturated rings. The van der Waals surface area contributed by atoms with Crippen LogP contribution in [0.1, 0.15) is 5.56 Å². The van der Waals surface area contributed by atoms with Crippen molar-refractivity contribution in [2.45, 2.75) is 6.92 Å². The predicted octanol–water partition coefficient (Wildman–Crippen LogP) is 4.41. The molecule has 0 aliphatic heterocycles. The summed E-state index contributed by atoms with van der Waals surface area (Å²) in [5.74, 6) is 0. The van der Waals surface area contributed by atoms with E-state index in [4.69, 9.17) is 4.42 Å². The molecule has 96 valence electrons. The van der Waals surface area contributed by atoms with Gasteiger partial charge in [-0.3, -0.25) is 0 Å². The minimum Gasteiger partial charge on any atom is -0.423 e. The monoisotopic (exact) mass is 260 g/mol. The van der Waals surface area contributed by atoms with Crippen LogP contribution in [0.2, 0.25) is 0 Å². The molecule has 0 saturated heterocycles. The Morgan fingerprint density at radius 1 is 0.850 bits per heavy atom. The van der Waals surface area contributed by atoms with E-state index in [-0.39, 0.29) is 5.63 Å². The highest BCUT2D eigenvalue weighted by molar-refractivity contribution is 6.20. The second-order valence-corrected chi connectivity index (χ2v) is 5.07. The van der Waals surface area contributed by atoms with E-state index in [1.807, 2.05) is 31.2 Å². The lowest BCUT2D eigenvalue weighted by molar-refractivity contribution is 0.560. The van der Waals surface area contributed by atoms with Gasteiger partial charge in [0, 0.05) is 16.8 Å². The molecule has 0 saturated carbocycles. The summed E-state index contributed by atoms with van der Waals surface area (Å²) in [6, 6.07) is 18.0. The van der Waals surface area contributed by atoms with Crippen LogP contribution in [0.3, 0.4) is 0 Å². The van der Waals surface area contributed by atoms with Crippen LogP contribution in [0.25, 0.3) is 32.5 Å². The van der Waals surface area contributed by atoms with Gasteiger partial charge < -0.3 is 4.42 Å². The fourth-order valence-corrected chi connectivity index (χ4v) is 2.94. The largest absolute Gasteiger partial charge is 0.423 e.